The van der Waals surface area contributed by atoms with Crippen molar-refractivity contribution < 1.29 is 33.7 Å². The van der Waals surface area contributed by atoms with Crippen LogP contribution in [0.5, 0.6) is 0 Å². The number of sulfone groups is 4. The van der Waals surface area contributed by atoms with Gasteiger partial charge in [-0.05, 0) is 145 Å². The Labute approximate surface area is 650 Å². The molecule has 0 saturated heterocycles. The summed E-state index contributed by atoms with van der Waals surface area (Å²) in [5, 5.41) is 0. The van der Waals surface area contributed by atoms with Crippen molar-refractivity contribution in [3.63, 3.8) is 0 Å². The number of H-pyrrole nitrogens is 2. The van der Waals surface area contributed by atoms with Crippen molar-refractivity contribution in [2.45, 2.75) is 304 Å². The molecule has 0 amide bonds. The molecule has 4 aromatic carbocycles. The Hall–Kier alpha value is -6.72. The van der Waals surface area contributed by atoms with Crippen LogP contribution in [-0.2, 0) is 39.3 Å². The summed E-state index contributed by atoms with van der Waals surface area (Å²) in [5.74, 6) is 0.263. The molecule has 8 bridgehead atoms. The zero-order valence-electron chi connectivity index (χ0n) is 65.8. The number of rotatable bonds is 52. The fourth-order valence-corrected chi connectivity index (χ4v) is 20.8. The lowest BCUT2D eigenvalue weighted by atomic mass is 10.0. The topological polar surface area (TPSA) is 194 Å². The first-order valence-electron chi connectivity index (χ1n) is 42.0. The maximum atomic E-state index is 14.1. The molecule has 3 aromatic heterocycles. The number of hydrogen-bond donors (Lipinski definition) is 2. The van der Waals surface area contributed by atoms with E-state index in [0.717, 1.165) is 99.3 Å². The molecule has 0 saturated carbocycles. The zero-order valence-corrected chi connectivity index (χ0v) is 69.0. The highest BCUT2D eigenvalue weighted by molar-refractivity contribution is 7.92. The molecule has 16 heteroatoms. The van der Waals surface area contributed by atoms with E-state index in [-0.39, 0.29) is 42.6 Å². The summed E-state index contributed by atoms with van der Waals surface area (Å²) in [5.41, 5.74) is 10.8. The van der Waals surface area contributed by atoms with E-state index in [4.69, 9.17) is 9.97 Å². The maximum Gasteiger partial charge on any atom is 0.178 e. The van der Waals surface area contributed by atoms with Gasteiger partial charge < -0.3 is 9.97 Å². The lowest BCUT2D eigenvalue weighted by Crippen LogP contribution is -2.06. The average molecular weight is 1540 g/mol. The number of benzene rings is 4. The van der Waals surface area contributed by atoms with Crippen LogP contribution in [0.25, 0.3) is 90.9 Å². The zero-order chi connectivity index (χ0) is 76.5. The minimum absolute atomic E-state index is 0.0657. The van der Waals surface area contributed by atoms with E-state index in [0.29, 0.717) is 92.8 Å². The summed E-state index contributed by atoms with van der Waals surface area (Å²) < 4.78 is 113. The number of aromatic nitrogens is 4. The monoisotopic (exact) mass is 1540 g/mol. The second-order valence-electron chi connectivity index (χ2n) is 30.6. The third kappa shape index (κ3) is 25.7. The standard InChI is InChI=1S/C92H126N4O8S4/c1-5-9-13-17-21-25-29-33-37-41-69-105(97,98)77-53-45-73(46-54-77)89-81-61-63-83(93-81)90(74-47-55-78(56-48-74)106(99,100)70-42-38-34-30-26-22-18-14-10-6-2)85-65-67-87(95-85)92(76-51-59-80(60-52-76)108(103,104)72-44-40-36-32-28-24-20-16-12-8-4)88-68-66-86(96-88)91(84-64-62-82(89)94-84)75-49-57-79(58-50-75)107(101,102)71-43-39-35-31-27-23-19-15-11-7-3/h45-68,93,96H,5-44,69-72H2,1-4H3. The molecular formula is C92H126N4O8S4. The number of aromatic amines is 2. The van der Waals surface area contributed by atoms with Gasteiger partial charge in [-0.2, -0.15) is 0 Å². The Morgan fingerprint density at radius 1 is 0.213 bits per heavy atom. The van der Waals surface area contributed by atoms with Crippen LogP contribution in [0.3, 0.4) is 0 Å². The van der Waals surface area contributed by atoms with Gasteiger partial charge >= 0.3 is 0 Å². The van der Waals surface area contributed by atoms with Gasteiger partial charge in [0.05, 0.1) is 65.4 Å². The van der Waals surface area contributed by atoms with Crippen LogP contribution in [0.1, 0.15) is 307 Å². The molecule has 7 aromatic rings. The summed E-state index contributed by atoms with van der Waals surface area (Å²) in [4.78, 5) is 19.6. The summed E-state index contributed by atoms with van der Waals surface area (Å²) in [6.07, 6.45) is 52.0. The highest BCUT2D eigenvalue weighted by Crippen LogP contribution is 2.40. The van der Waals surface area contributed by atoms with Crippen LogP contribution in [-0.4, -0.2) is 76.6 Å². The smallest absolute Gasteiger partial charge is 0.178 e. The molecule has 5 heterocycles. The first kappa shape index (κ1) is 85.3. The van der Waals surface area contributed by atoms with E-state index >= 15 is 0 Å². The normalized spacial score (nSPS) is 12.6. The van der Waals surface area contributed by atoms with Crippen molar-refractivity contribution in [2.24, 2.45) is 0 Å². The lowest BCUT2D eigenvalue weighted by Gasteiger charge is -2.10. The number of fused-ring (bicyclic) bond motifs is 8. The second-order valence-corrected chi connectivity index (χ2v) is 39.0. The van der Waals surface area contributed by atoms with Crippen LogP contribution in [0, 0.1) is 0 Å². The van der Waals surface area contributed by atoms with E-state index in [9.17, 15) is 33.7 Å². The molecule has 0 fully saturated rings. The summed E-state index contributed by atoms with van der Waals surface area (Å²) in [6, 6.07) is 36.4. The molecule has 2 N–H and O–H groups in total. The van der Waals surface area contributed by atoms with Gasteiger partial charge in [-0.1, -0.05) is 307 Å². The number of unbranched alkanes of at least 4 members (excludes halogenated alkanes) is 36. The molecule has 12 nitrogen and oxygen atoms in total. The summed E-state index contributed by atoms with van der Waals surface area (Å²) in [7, 11) is -14.4. The van der Waals surface area contributed by atoms with Crippen molar-refractivity contribution in [3.05, 3.63) is 144 Å². The van der Waals surface area contributed by atoms with Gasteiger partial charge in [-0.3, -0.25) is 0 Å². The Balaban J connectivity index is 1.13. The minimum atomic E-state index is -3.60. The number of hydrogen-bond acceptors (Lipinski definition) is 10. The van der Waals surface area contributed by atoms with Crippen LogP contribution in [0.15, 0.2) is 141 Å². The van der Waals surface area contributed by atoms with Crippen molar-refractivity contribution >= 4 is 85.7 Å². The van der Waals surface area contributed by atoms with Crippen molar-refractivity contribution in [3.8, 4) is 44.5 Å². The molecule has 0 aliphatic carbocycles. The third-order valence-corrected chi connectivity index (χ3v) is 29.1. The van der Waals surface area contributed by atoms with Crippen molar-refractivity contribution in [2.75, 3.05) is 23.0 Å². The second kappa shape index (κ2) is 44.4. The highest BCUT2D eigenvalue weighted by Gasteiger charge is 2.24. The predicted octanol–water partition coefficient (Wildman–Crippen LogP) is 26.1. The maximum absolute atomic E-state index is 14.1. The van der Waals surface area contributed by atoms with E-state index in [1.807, 2.05) is 97.1 Å². The first-order valence-corrected chi connectivity index (χ1v) is 48.6. The molecule has 0 spiro atoms. The molecule has 0 radical (unpaired) electrons. The summed E-state index contributed by atoms with van der Waals surface area (Å²) in [6.45, 7) is 8.92. The van der Waals surface area contributed by atoms with E-state index in [1.54, 1.807) is 48.5 Å². The van der Waals surface area contributed by atoms with Crippen LogP contribution >= 0.6 is 0 Å². The molecule has 0 atom stereocenters. The quantitative estimate of drug-likeness (QED) is 0.0346. The third-order valence-electron chi connectivity index (χ3n) is 21.8. The number of nitrogens with zero attached hydrogens (tertiary/aromatic N) is 2. The number of nitrogens with one attached hydrogen (secondary N) is 2. The predicted molar refractivity (Wildman–Crippen MR) is 456 cm³/mol. The molecule has 2 aliphatic heterocycles. The van der Waals surface area contributed by atoms with Gasteiger partial charge in [-0.15, -0.1) is 0 Å². The largest absolute Gasteiger partial charge is 0.354 e. The van der Waals surface area contributed by atoms with E-state index in [1.165, 1.54) is 154 Å². The molecule has 586 valence electrons. The SMILES string of the molecule is CCCCCCCCCCCCS(=O)(=O)c1ccc(-c2c3nc(c(-c4ccc(S(=O)(=O)CCCCCCCCCCCC)cc4)c4ccc([nH]4)c(-c4ccc(S(=O)(=O)CCCCCCCCCCCC)cc4)c4nc(c(-c5ccc(S(=O)(=O)CCCCCCCCCCCC)cc5)c5ccc2[nH]5)C=C4)C=C3)cc1. The van der Waals surface area contributed by atoms with Gasteiger partial charge in [0.15, 0.2) is 39.3 Å². The lowest BCUT2D eigenvalue weighted by molar-refractivity contribution is 0.557. The van der Waals surface area contributed by atoms with Gasteiger partial charge in [0.2, 0.25) is 0 Å². The van der Waals surface area contributed by atoms with Crippen LogP contribution < -0.4 is 0 Å². The molecule has 108 heavy (non-hydrogen) atoms. The Bertz CT molecular complexity index is 4050. The van der Waals surface area contributed by atoms with Gasteiger partial charge in [0.25, 0.3) is 0 Å². The fourth-order valence-electron chi connectivity index (χ4n) is 15.3. The molecular weight excluding hydrogens is 1420 g/mol. The van der Waals surface area contributed by atoms with Gasteiger partial charge in [0, 0.05) is 44.3 Å². The Morgan fingerprint density at radius 2 is 0.370 bits per heavy atom. The molecule has 9 rings (SSSR count). The molecule has 2 aliphatic rings. The Kier molecular flexibility index (Phi) is 35.0. The van der Waals surface area contributed by atoms with Crippen LogP contribution in [0.4, 0.5) is 0 Å². The van der Waals surface area contributed by atoms with E-state index in [2.05, 4.69) is 37.7 Å². The average Bonchev–Trinajstić information content (AvgIpc) is 1.60. The summed E-state index contributed by atoms with van der Waals surface area (Å²) >= 11 is 0. The van der Waals surface area contributed by atoms with Gasteiger partial charge in [-0.25, -0.2) is 43.6 Å². The fraction of sp³-hybridized carbons (Fsp3) is 0.522. The van der Waals surface area contributed by atoms with Crippen molar-refractivity contribution in [1.29, 1.82) is 0 Å². The van der Waals surface area contributed by atoms with Crippen molar-refractivity contribution in [1.82, 2.24) is 19.9 Å². The van der Waals surface area contributed by atoms with Crippen LogP contribution in [0.2, 0.25) is 0 Å². The first-order chi connectivity index (χ1) is 52.5. The highest BCUT2D eigenvalue weighted by atomic mass is 32.2. The van der Waals surface area contributed by atoms with E-state index < -0.39 is 39.3 Å². The Morgan fingerprint density at radius 3 is 0.537 bits per heavy atom. The minimum Gasteiger partial charge on any atom is -0.354 e. The molecule has 0 unspecified atom stereocenters. The van der Waals surface area contributed by atoms with Gasteiger partial charge in [0.1, 0.15) is 0 Å².